The molecular weight excluding hydrogens is 336 g/mol. The number of pyridine rings is 1. The van der Waals surface area contributed by atoms with E-state index in [-0.39, 0.29) is 0 Å². The van der Waals surface area contributed by atoms with Crippen LogP contribution in [0.3, 0.4) is 0 Å². The van der Waals surface area contributed by atoms with Crippen molar-refractivity contribution in [3.05, 3.63) is 65.9 Å². The number of benzene rings is 2. The number of hydrogen-bond donors (Lipinski definition) is 3. The van der Waals surface area contributed by atoms with Crippen LogP contribution in [0.1, 0.15) is 11.1 Å². The summed E-state index contributed by atoms with van der Waals surface area (Å²) in [6.45, 7) is 1.83. The van der Waals surface area contributed by atoms with Crippen LogP contribution in [-0.4, -0.2) is 48.4 Å². The molecule has 2 heterocycles. The molecule has 1 aliphatic rings. The monoisotopic (exact) mass is 360 g/mol. The summed E-state index contributed by atoms with van der Waals surface area (Å²) in [5, 5.41) is 18.2. The van der Waals surface area contributed by atoms with Gasteiger partial charge >= 0.3 is 0 Å². The molecule has 0 saturated heterocycles. The summed E-state index contributed by atoms with van der Waals surface area (Å²) in [5.41, 5.74) is 5.90. The lowest BCUT2D eigenvalue weighted by Crippen LogP contribution is -2.20. The minimum Gasteiger partial charge on any atom is -0.384 e. The largest absolute Gasteiger partial charge is 0.384 e. The van der Waals surface area contributed by atoms with E-state index in [1.54, 1.807) is 0 Å². The van der Waals surface area contributed by atoms with E-state index in [4.69, 9.17) is 0 Å². The number of anilines is 2. The molecule has 1 aromatic heterocycles. The third-order valence-electron chi connectivity index (χ3n) is 4.80. The van der Waals surface area contributed by atoms with Gasteiger partial charge in [-0.15, -0.1) is 0 Å². The molecule has 0 aliphatic carbocycles. The molecule has 27 heavy (non-hydrogen) atoms. The van der Waals surface area contributed by atoms with Crippen LogP contribution < -0.4 is 10.6 Å². The summed E-state index contributed by atoms with van der Waals surface area (Å²) in [6.07, 6.45) is 3.14. The second-order valence-electron chi connectivity index (χ2n) is 7.05. The van der Waals surface area contributed by atoms with Crippen LogP contribution in [0.5, 0.6) is 0 Å². The summed E-state index contributed by atoms with van der Waals surface area (Å²) in [4.78, 5) is 6.56. The Labute approximate surface area is 159 Å². The molecule has 0 saturated carbocycles. The maximum Gasteiger partial charge on any atom is 0.151 e. The van der Waals surface area contributed by atoms with Gasteiger partial charge < -0.3 is 20.6 Å². The van der Waals surface area contributed by atoms with Crippen molar-refractivity contribution in [2.24, 2.45) is 0 Å². The average Bonchev–Trinajstić information content (AvgIpc) is 2.97. The fourth-order valence-electron chi connectivity index (χ4n) is 3.38. The molecule has 0 fully saturated rings. The molecule has 1 unspecified atom stereocenters. The topological polar surface area (TPSA) is 60.4 Å². The first kappa shape index (κ1) is 17.5. The molecular formula is C22H24N4O. The molecule has 1 atom stereocenters. The molecule has 1 aliphatic heterocycles. The van der Waals surface area contributed by atoms with Crippen LogP contribution in [-0.2, 0) is 0 Å². The van der Waals surface area contributed by atoms with Crippen molar-refractivity contribution >= 4 is 33.9 Å². The van der Waals surface area contributed by atoms with Crippen molar-refractivity contribution < 1.29 is 5.11 Å². The first-order valence-electron chi connectivity index (χ1n) is 9.15. The average molecular weight is 360 g/mol. The number of likely N-dealkylation sites (N-methyl/N-ethyl adjacent to an activating group) is 1. The zero-order chi connectivity index (χ0) is 18.8. The van der Waals surface area contributed by atoms with E-state index >= 15 is 0 Å². The van der Waals surface area contributed by atoms with Gasteiger partial charge in [0.2, 0.25) is 0 Å². The number of aromatic nitrogens is 1. The van der Waals surface area contributed by atoms with E-state index in [2.05, 4.69) is 52.8 Å². The third kappa shape index (κ3) is 3.65. The van der Waals surface area contributed by atoms with Crippen LogP contribution in [0.25, 0.3) is 22.6 Å². The number of aliphatic hydroxyl groups excluding tert-OH is 1. The Morgan fingerprint density at radius 2 is 2.04 bits per heavy atom. The second-order valence-corrected chi connectivity index (χ2v) is 7.05. The molecule has 138 valence electrons. The molecule has 5 heteroatoms. The first-order chi connectivity index (χ1) is 13.1. The summed E-state index contributed by atoms with van der Waals surface area (Å²) in [6, 6.07) is 16.2. The van der Waals surface area contributed by atoms with Crippen LogP contribution in [0.2, 0.25) is 0 Å². The maximum atomic E-state index is 10.6. The van der Waals surface area contributed by atoms with Crippen LogP contribution in [0, 0.1) is 0 Å². The molecule has 4 rings (SSSR count). The first-order valence-corrected chi connectivity index (χ1v) is 9.15. The predicted octanol–water partition coefficient (Wildman–Crippen LogP) is 3.49. The van der Waals surface area contributed by atoms with Crippen molar-refractivity contribution in [2.45, 2.75) is 6.23 Å². The van der Waals surface area contributed by atoms with Gasteiger partial charge in [-0.25, -0.2) is 0 Å². The Hall–Kier alpha value is -2.89. The Kier molecular flexibility index (Phi) is 4.79. The number of nitrogens with zero attached hydrogens (tertiary/aromatic N) is 2. The Morgan fingerprint density at radius 3 is 2.89 bits per heavy atom. The lowest BCUT2D eigenvalue weighted by atomic mass is 10.0. The van der Waals surface area contributed by atoms with Crippen LogP contribution in [0.15, 0.2) is 54.7 Å². The van der Waals surface area contributed by atoms with E-state index in [0.717, 1.165) is 52.1 Å². The van der Waals surface area contributed by atoms with Gasteiger partial charge in [0.25, 0.3) is 0 Å². The Balaban J connectivity index is 1.69. The zero-order valence-corrected chi connectivity index (χ0v) is 15.6. The summed E-state index contributed by atoms with van der Waals surface area (Å²) in [5.74, 6) is 0. The zero-order valence-electron chi connectivity index (χ0n) is 15.6. The van der Waals surface area contributed by atoms with Crippen LogP contribution >= 0.6 is 0 Å². The molecule has 0 radical (unpaired) electrons. The number of aliphatic hydroxyl groups is 1. The summed E-state index contributed by atoms with van der Waals surface area (Å²) < 4.78 is 0. The maximum absolute atomic E-state index is 10.6. The lowest BCUT2D eigenvalue weighted by Gasteiger charge is -2.12. The van der Waals surface area contributed by atoms with Crippen molar-refractivity contribution in [1.82, 2.24) is 9.88 Å². The Bertz CT molecular complexity index is 991. The number of rotatable bonds is 5. The highest BCUT2D eigenvalue weighted by Gasteiger charge is 2.24. The number of fused-ring (bicyclic) bond motifs is 2. The van der Waals surface area contributed by atoms with Crippen molar-refractivity contribution in [2.75, 3.05) is 37.8 Å². The highest BCUT2D eigenvalue weighted by Crippen LogP contribution is 2.37. The molecule has 0 spiro atoms. The van der Waals surface area contributed by atoms with Gasteiger partial charge in [0.05, 0.1) is 5.52 Å². The van der Waals surface area contributed by atoms with Gasteiger partial charge in [-0.3, -0.25) is 4.98 Å². The van der Waals surface area contributed by atoms with E-state index < -0.39 is 6.23 Å². The highest BCUT2D eigenvalue weighted by molar-refractivity contribution is 5.99. The van der Waals surface area contributed by atoms with Gasteiger partial charge in [0.15, 0.2) is 6.23 Å². The van der Waals surface area contributed by atoms with Gasteiger partial charge in [0.1, 0.15) is 0 Å². The van der Waals surface area contributed by atoms with Gasteiger partial charge in [0, 0.05) is 47.2 Å². The second kappa shape index (κ2) is 7.39. The fraction of sp³-hybridized carbons (Fsp3) is 0.227. The number of hydrogen-bond acceptors (Lipinski definition) is 5. The Morgan fingerprint density at radius 1 is 1.19 bits per heavy atom. The van der Waals surface area contributed by atoms with E-state index in [1.165, 1.54) is 0 Å². The molecule has 2 aromatic carbocycles. The standard InChI is InChI=1S/C22H24N4O/c1-26(2)12-11-23-16-7-8-21-18(14-16)19(22(27)25-21)13-15-9-10-24-20-6-4-3-5-17(15)20/h3-10,13-14,22-23,25,27H,11-12H2,1-2H3. The normalized spacial score (nSPS) is 17.3. The predicted molar refractivity (Wildman–Crippen MR) is 113 cm³/mol. The van der Waals surface area contributed by atoms with Gasteiger partial charge in [-0.1, -0.05) is 18.2 Å². The smallest absolute Gasteiger partial charge is 0.151 e. The van der Waals surface area contributed by atoms with Crippen LogP contribution in [0.4, 0.5) is 11.4 Å². The number of para-hydroxylation sites is 1. The molecule has 0 bridgehead atoms. The summed E-state index contributed by atoms with van der Waals surface area (Å²) in [7, 11) is 4.12. The van der Waals surface area contributed by atoms with E-state index in [0.29, 0.717) is 0 Å². The quantitative estimate of drug-likeness (QED) is 0.650. The third-order valence-corrected chi connectivity index (χ3v) is 4.80. The number of nitrogens with one attached hydrogen (secondary N) is 2. The minimum atomic E-state index is -0.719. The van der Waals surface area contributed by atoms with E-state index in [9.17, 15) is 5.11 Å². The van der Waals surface area contributed by atoms with Gasteiger partial charge in [-0.2, -0.15) is 0 Å². The molecule has 0 amide bonds. The van der Waals surface area contributed by atoms with Gasteiger partial charge in [-0.05, 0) is 56.1 Å². The molecule has 3 aromatic rings. The minimum absolute atomic E-state index is 0.719. The summed E-state index contributed by atoms with van der Waals surface area (Å²) >= 11 is 0. The lowest BCUT2D eigenvalue weighted by molar-refractivity contribution is 0.266. The van der Waals surface area contributed by atoms with Crippen molar-refractivity contribution in [3.8, 4) is 0 Å². The van der Waals surface area contributed by atoms with E-state index in [1.807, 2.05) is 42.6 Å². The molecule has 5 nitrogen and oxygen atoms in total. The van der Waals surface area contributed by atoms with Crippen molar-refractivity contribution in [1.29, 1.82) is 0 Å². The van der Waals surface area contributed by atoms with Crippen molar-refractivity contribution in [3.63, 3.8) is 0 Å². The fourth-order valence-corrected chi connectivity index (χ4v) is 3.38. The highest BCUT2D eigenvalue weighted by atomic mass is 16.3. The molecule has 3 N–H and O–H groups in total. The SMILES string of the molecule is CN(C)CCNc1ccc2c(c1)C(=Cc1ccnc3ccccc13)C(O)N2.